The van der Waals surface area contributed by atoms with Gasteiger partial charge < -0.3 is 10.2 Å². The number of amides is 2. The van der Waals surface area contributed by atoms with E-state index >= 15 is 0 Å². The van der Waals surface area contributed by atoms with Crippen molar-refractivity contribution in [1.82, 2.24) is 25.0 Å². The number of aromatic amines is 1. The number of likely N-dealkylation sites (N-methyl/N-ethyl adjacent to an activating group) is 1. The van der Waals surface area contributed by atoms with E-state index in [-0.39, 0.29) is 30.4 Å². The minimum absolute atomic E-state index is 0.0118. The summed E-state index contributed by atoms with van der Waals surface area (Å²) < 4.78 is 2.01. The smallest absolute Gasteiger partial charge is 0.242 e. The molecule has 0 aliphatic rings. The first-order valence-electron chi connectivity index (χ1n) is 8.34. The van der Waals surface area contributed by atoms with Crippen molar-refractivity contribution in [3.05, 3.63) is 34.6 Å². The maximum absolute atomic E-state index is 12.6. The van der Waals surface area contributed by atoms with E-state index in [2.05, 4.69) is 15.5 Å². The van der Waals surface area contributed by atoms with Gasteiger partial charge >= 0.3 is 0 Å². The summed E-state index contributed by atoms with van der Waals surface area (Å²) in [6.45, 7) is 7.67. The number of nitrogens with one attached hydrogen (secondary N) is 2. The van der Waals surface area contributed by atoms with Gasteiger partial charge in [0.15, 0.2) is 10.6 Å². The van der Waals surface area contributed by atoms with Crippen LogP contribution >= 0.6 is 12.2 Å². The van der Waals surface area contributed by atoms with Gasteiger partial charge in [0.1, 0.15) is 6.54 Å². The van der Waals surface area contributed by atoms with E-state index in [1.807, 2.05) is 52.0 Å². The number of hydrogen-bond donors (Lipinski definition) is 2. The number of aromatic nitrogens is 3. The molecule has 0 atom stereocenters. The van der Waals surface area contributed by atoms with Crippen molar-refractivity contribution >= 4 is 24.0 Å². The van der Waals surface area contributed by atoms with Crippen molar-refractivity contribution in [2.24, 2.45) is 0 Å². The molecule has 1 heterocycles. The van der Waals surface area contributed by atoms with Crippen LogP contribution in [-0.2, 0) is 16.1 Å². The first kappa shape index (κ1) is 19.8. The summed E-state index contributed by atoms with van der Waals surface area (Å²) in [5.74, 6) is 0.170. The number of carbonyl (C=O) groups is 2. The molecule has 0 aliphatic carbocycles. The summed E-state index contributed by atoms with van der Waals surface area (Å²) in [6.07, 6.45) is 0. The van der Waals surface area contributed by atoms with Crippen molar-refractivity contribution in [3.63, 3.8) is 0 Å². The monoisotopic (exact) mass is 375 g/mol. The fraction of sp³-hybridized carbons (Fsp3) is 0.444. The topological polar surface area (TPSA) is 83.0 Å². The third-order valence-electron chi connectivity index (χ3n) is 3.65. The van der Waals surface area contributed by atoms with E-state index in [9.17, 15) is 9.59 Å². The molecule has 2 aromatic rings. The molecule has 0 spiro atoms. The highest BCUT2D eigenvalue weighted by Gasteiger charge is 2.19. The molecule has 2 amide bonds. The Labute approximate surface area is 158 Å². The second kappa shape index (κ2) is 7.82. The normalized spacial score (nSPS) is 11.3. The molecule has 26 heavy (non-hydrogen) atoms. The first-order chi connectivity index (χ1) is 12.1. The van der Waals surface area contributed by atoms with Crippen LogP contribution in [0.4, 0.5) is 0 Å². The van der Waals surface area contributed by atoms with Crippen molar-refractivity contribution < 1.29 is 9.59 Å². The number of aryl methyl sites for hydroxylation is 1. The molecule has 2 rings (SSSR count). The SMILES string of the molecule is Cc1cccc(-c2n[nH]c(=S)n2CC(=O)N(C)CC(=O)NC(C)(C)C)c1. The Kier molecular flexibility index (Phi) is 5.97. The average Bonchev–Trinajstić information content (AvgIpc) is 2.86. The van der Waals surface area contributed by atoms with Gasteiger partial charge in [0.2, 0.25) is 11.8 Å². The van der Waals surface area contributed by atoms with E-state index < -0.39 is 0 Å². The number of carbonyl (C=O) groups excluding carboxylic acids is 2. The minimum atomic E-state index is -0.341. The maximum Gasteiger partial charge on any atom is 0.242 e. The van der Waals surface area contributed by atoms with Crippen LogP contribution in [0.2, 0.25) is 0 Å². The Hall–Kier alpha value is -2.48. The van der Waals surface area contributed by atoms with Crippen LogP contribution in [0, 0.1) is 11.7 Å². The van der Waals surface area contributed by atoms with Crippen LogP contribution in [0.5, 0.6) is 0 Å². The largest absolute Gasteiger partial charge is 0.350 e. The molecule has 0 radical (unpaired) electrons. The molecule has 1 aromatic carbocycles. The fourth-order valence-corrected chi connectivity index (χ4v) is 2.68. The first-order valence-corrected chi connectivity index (χ1v) is 8.75. The molecule has 1 aromatic heterocycles. The van der Waals surface area contributed by atoms with Gasteiger partial charge in [-0.05, 0) is 46.0 Å². The molecule has 8 heteroatoms. The van der Waals surface area contributed by atoms with Crippen LogP contribution in [0.1, 0.15) is 26.3 Å². The van der Waals surface area contributed by atoms with E-state index in [1.165, 1.54) is 4.90 Å². The predicted molar refractivity (Wildman–Crippen MR) is 103 cm³/mol. The lowest BCUT2D eigenvalue weighted by molar-refractivity contribution is -0.135. The average molecular weight is 375 g/mol. The fourth-order valence-electron chi connectivity index (χ4n) is 2.49. The van der Waals surface area contributed by atoms with E-state index in [1.54, 1.807) is 11.6 Å². The lowest BCUT2D eigenvalue weighted by Gasteiger charge is -2.23. The summed E-state index contributed by atoms with van der Waals surface area (Å²) in [6, 6.07) is 7.81. The second-order valence-corrected chi connectivity index (χ2v) is 7.74. The Morgan fingerprint density at radius 1 is 1.35 bits per heavy atom. The Morgan fingerprint density at radius 3 is 2.65 bits per heavy atom. The van der Waals surface area contributed by atoms with Gasteiger partial charge in [0.25, 0.3) is 0 Å². The summed E-state index contributed by atoms with van der Waals surface area (Å²) in [4.78, 5) is 26.0. The zero-order chi connectivity index (χ0) is 19.5. The highest BCUT2D eigenvalue weighted by molar-refractivity contribution is 7.71. The third kappa shape index (κ3) is 5.26. The van der Waals surface area contributed by atoms with Gasteiger partial charge in [-0.2, -0.15) is 5.10 Å². The molecule has 140 valence electrons. The molecular formula is C18H25N5O2S. The van der Waals surface area contributed by atoms with Crippen LogP contribution < -0.4 is 5.32 Å². The van der Waals surface area contributed by atoms with Crippen LogP contribution in [0.15, 0.2) is 24.3 Å². The van der Waals surface area contributed by atoms with Crippen LogP contribution in [0.3, 0.4) is 0 Å². The van der Waals surface area contributed by atoms with E-state index in [0.717, 1.165) is 11.1 Å². The lowest BCUT2D eigenvalue weighted by Crippen LogP contribution is -2.46. The highest BCUT2D eigenvalue weighted by atomic mass is 32.1. The zero-order valence-electron chi connectivity index (χ0n) is 15.8. The van der Waals surface area contributed by atoms with Gasteiger partial charge in [-0.3, -0.25) is 19.3 Å². The van der Waals surface area contributed by atoms with E-state index in [0.29, 0.717) is 10.6 Å². The van der Waals surface area contributed by atoms with Crippen molar-refractivity contribution in [3.8, 4) is 11.4 Å². The van der Waals surface area contributed by atoms with Gasteiger partial charge in [0.05, 0.1) is 6.54 Å². The minimum Gasteiger partial charge on any atom is -0.350 e. The lowest BCUT2D eigenvalue weighted by atomic mass is 10.1. The third-order valence-corrected chi connectivity index (χ3v) is 3.96. The Balaban J connectivity index is 2.13. The summed E-state index contributed by atoms with van der Waals surface area (Å²) in [7, 11) is 1.60. The zero-order valence-corrected chi connectivity index (χ0v) is 16.6. The molecule has 0 saturated heterocycles. The van der Waals surface area contributed by atoms with Gasteiger partial charge in [-0.1, -0.05) is 23.8 Å². The predicted octanol–water partition coefficient (Wildman–Crippen LogP) is 2.29. The van der Waals surface area contributed by atoms with Gasteiger partial charge in [-0.15, -0.1) is 0 Å². The molecular weight excluding hydrogens is 350 g/mol. The number of rotatable bonds is 5. The molecule has 0 aliphatic heterocycles. The van der Waals surface area contributed by atoms with Gasteiger partial charge in [0, 0.05) is 18.2 Å². The Bertz CT molecular complexity index is 863. The van der Waals surface area contributed by atoms with E-state index in [4.69, 9.17) is 12.2 Å². The molecule has 7 nitrogen and oxygen atoms in total. The summed E-state index contributed by atoms with van der Waals surface area (Å²) in [5, 5.41) is 9.82. The quantitative estimate of drug-likeness (QED) is 0.786. The summed E-state index contributed by atoms with van der Waals surface area (Å²) in [5.41, 5.74) is 1.62. The molecule has 0 bridgehead atoms. The second-order valence-electron chi connectivity index (χ2n) is 7.36. The number of benzene rings is 1. The highest BCUT2D eigenvalue weighted by Crippen LogP contribution is 2.18. The molecule has 2 N–H and O–H groups in total. The number of hydrogen-bond acceptors (Lipinski definition) is 4. The number of H-pyrrole nitrogens is 1. The Morgan fingerprint density at radius 2 is 2.04 bits per heavy atom. The summed E-state index contributed by atoms with van der Waals surface area (Å²) >= 11 is 5.26. The van der Waals surface area contributed by atoms with Crippen molar-refractivity contribution in [2.45, 2.75) is 39.8 Å². The van der Waals surface area contributed by atoms with Crippen LogP contribution in [0.25, 0.3) is 11.4 Å². The molecule has 0 fully saturated rings. The number of nitrogens with zero attached hydrogens (tertiary/aromatic N) is 3. The van der Waals surface area contributed by atoms with Crippen molar-refractivity contribution in [1.29, 1.82) is 0 Å². The standard InChI is InChI=1S/C18H25N5O2S/c1-12-7-6-8-13(9-12)16-20-21-17(26)23(16)11-15(25)22(5)10-14(24)19-18(2,3)4/h6-9H,10-11H2,1-5H3,(H,19,24)(H,21,26). The molecule has 0 saturated carbocycles. The maximum atomic E-state index is 12.6. The van der Waals surface area contributed by atoms with Gasteiger partial charge in [-0.25, -0.2) is 0 Å². The molecule has 0 unspecified atom stereocenters. The van der Waals surface area contributed by atoms with Crippen LogP contribution in [-0.4, -0.2) is 50.6 Å². The van der Waals surface area contributed by atoms with Crippen molar-refractivity contribution in [2.75, 3.05) is 13.6 Å².